The number of hydrogen-bond acceptors (Lipinski definition) is 5. The molecule has 1 saturated heterocycles. The molecular formula is C22H26Cl3N3O3. The smallest absolute Gasteiger partial charge is 0.187 e. The van der Waals surface area contributed by atoms with Gasteiger partial charge in [0, 0.05) is 29.5 Å². The van der Waals surface area contributed by atoms with Crippen LogP contribution in [0.2, 0.25) is 5.02 Å². The van der Waals surface area contributed by atoms with Gasteiger partial charge in [0.2, 0.25) is 0 Å². The van der Waals surface area contributed by atoms with E-state index in [-0.39, 0.29) is 30.9 Å². The summed E-state index contributed by atoms with van der Waals surface area (Å²) in [6.07, 6.45) is 6.82. The third kappa shape index (κ3) is 7.02. The molecule has 0 unspecified atom stereocenters. The highest BCUT2D eigenvalue weighted by Crippen LogP contribution is 2.31. The summed E-state index contributed by atoms with van der Waals surface area (Å²) >= 11 is 5.99. The highest BCUT2D eigenvalue weighted by Gasteiger charge is 2.42. The molecule has 4 rings (SSSR count). The van der Waals surface area contributed by atoms with Crippen molar-refractivity contribution in [1.82, 2.24) is 9.55 Å². The lowest BCUT2D eigenvalue weighted by Crippen LogP contribution is -2.37. The summed E-state index contributed by atoms with van der Waals surface area (Å²) in [5.41, 5.74) is 7.62. The molecule has 1 fully saturated rings. The van der Waals surface area contributed by atoms with Crippen LogP contribution in [0.15, 0.2) is 67.3 Å². The molecular weight excluding hydrogens is 461 g/mol. The Labute approximate surface area is 199 Å². The topological polar surface area (TPSA) is 71.5 Å². The highest BCUT2D eigenvalue weighted by molar-refractivity contribution is 6.30. The maximum Gasteiger partial charge on any atom is 0.187 e. The molecule has 0 spiro atoms. The van der Waals surface area contributed by atoms with Gasteiger partial charge in [-0.1, -0.05) is 23.7 Å². The molecule has 0 aliphatic carbocycles. The standard InChI is InChI=1S/C22H24ClN3O3.2ClH/c23-18-3-1-17(2-4-18)9-10-22(15-26-12-11-25-16-26)28-14-21(29-22)13-27-20-7-5-19(24)6-8-20;;/h1-8,11-12,16,21H,9-10,13-15,24H2;2*1H/t21-,22+;;/m0../s1. The fraction of sp³-hybridized carbons (Fsp3) is 0.318. The maximum atomic E-state index is 6.37. The van der Waals surface area contributed by atoms with E-state index in [4.69, 9.17) is 31.5 Å². The fourth-order valence-electron chi connectivity index (χ4n) is 3.39. The molecule has 6 nitrogen and oxygen atoms in total. The van der Waals surface area contributed by atoms with Crippen molar-refractivity contribution in [2.75, 3.05) is 18.9 Å². The number of imidazole rings is 1. The number of hydrogen-bond donors (Lipinski definition) is 1. The molecule has 3 aromatic rings. The lowest BCUT2D eigenvalue weighted by atomic mass is 10.0. The largest absolute Gasteiger partial charge is 0.491 e. The van der Waals surface area contributed by atoms with E-state index < -0.39 is 5.79 Å². The second-order valence-corrected chi connectivity index (χ2v) is 7.64. The Kier molecular flexibility index (Phi) is 9.47. The molecule has 9 heteroatoms. The number of ether oxygens (including phenoxy) is 3. The zero-order chi connectivity index (χ0) is 20.1. The van der Waals surface area contributed by atoms with Crippen molar-refractivity contribution in [2.45, 2.75) is 31.3 Å². The van der Waals surface area contributed by atoms with Crippen LogP contribution in [0.5, 0.6) is 5.75 Å². The van der Waals surface area contributed by atoms with Gasteiger partial charge < -0.3 is 24.5 Å². The number of nitrogens with two attached hydrogens (primary N) is 1. The van der Waals surface area contributed by atoms with Gasteiger partial charge in [-0.15, -0.1) is 24.8 Å². The molecule has 0 amide bonds. The quantitative estimate of drug-likeness (QED) is 0.464. The number of anilines is 1. The van der Waals surface area contributed by atoms with Crippen LogP contribution < -0.4 is 10.5 Å². The van der Waals surface area contributed by atoms with Crippen LogP contribution in [0, 0.1) is 0 Å². The van der Waals surface area contributed by atoms with E-state index in [1.807, 2.05) is 59.3 Å². The van der Waals surface area contributed by atoms with Crippen LogP contribution in [-0.4, -0.2) is 34.7 Å². The monoisotopic (exact) mass is 485 g/mol. The van der Waals surface area contributed by atoms with Gasteiger partial charge in [0.05, 0.1) is 19.5 Å². The van der Waals surface area contributed by atoms with Crippen molar-refractivity contribution < 1.29 is 14.2 Å². The summed E-state index contributed by atoms with van der Waals surface area (Å²) in [6, 6.07) is 15.2. The minimum atomic E-state index is -0.727. The van der Waals surface area contributed by atoms with Crippen LogP contribution in [0.25, 0.3) is 0 Å². The zero-order valence-electron chi connectivity index (χ0n) is 16.9. The Morgan fingerprint density at radius 1 is 1.13 bits per heavy atom. The maximum absolute atomic E-state index is 6.37. The first kappa shape index (κ1) is 25.3. The van der Waals surface area contributed by atoms with E-state index in [2.05, 4.69) is 4.98 Å². The second kappa shape index (κ2) is 11.6. The van der Waals surface area contributed by atoms with Crippen LogP contribution >= 0.6 is 36.4 Å². The Hall–Kier alpha value is -1.96. The Bertz CT molecular complexity index is 908. The van der Waals surface area contributed by atoms with E-state index in [1.54, 1.807) is 12.5 Å². The number of benzene rings is 2. The first-order valence-electron chi connectivity index (χ1n) is 9.61. The van der Waals surface area contributed by atoms with E-state index in [9.17, 15) is 0 Å². The van der Waals surface area contributed by atoms with Gasteiger partial charge in [-0.3, -0.25) is 0 Å². The third-order valence-electron chi connectivity index (χ3n) is 4.92. The van der Waals surface area contributed by atoms with Crippen molar-refractivity contribution in [2.24, 2.45) is 0 Å². The summed E-state index contributed by atoms with van der Waals surface area (Å²) in [6.45, 7) is 1.46. The Balaban J connectivity index is 0.00000171. The normalized spacial score (nSPS) is 20.0. The van der Waals surface area contributed by atoms with Crippen LogP contribution in [-0.2, 0) is 22.4 Å². The fourth-order valence-corrected chi connectivity index (χ4v) is 3.52. The summed E-state index contributed by atoms with van der Waals surface area (Å²) in [7, 11) is 0. The highest BCUT2D eigenvalue weighted by atomic mass is 35.5. The first-order chi connectivity index (χ1) is 14.1. The van der Waals surface area contributed by atoms with Crippen molar-refractivity contribution in [3.8, 4) is 5.75 Å². The molecule has 2 aromatic carbocycles. The van der Waals surface area contributed by atoms with Gasteiger partial charge in [0.25, 0.3) is 0 Å². The number of aromatic nitrogens is 2. The molecule has 0 bridgehead atoms. The van der Waals surface area contributed by atoms with Gasteiger partial charge in [-0.25, -0.2) is 4.98 Å². The predicted molar refractivity (Wildman–Crippen MR) is 126 cm³/mol. The summed E-state index contributed by atoms with van der Waals surface area (Å²) in [5, 5.41) is 0.732. The van der Waals surface area contributed by atoms with E-state index in [0.29, 0.717) is 31.9 Å². The average Bonchev–Trinajstić information content (AvgIpc) is 3.38. The second-order valence-electron chi connectivity index (χ2n) is 7.20. The van der Waals surface area contributed by atoms with Gasteiger partial charge in [0.1, 0.15) is 18.5 Å². The third-order valence-corrected chi connectivity index (χ3v) is 5.17. The molecule has 0 radical (unpaired) electrons. The van der Waals surface area contributed by atoms with Crippen molar-refractivity contribution in [1.29, 1.82) is 0 Å². The number of rotatable bonds is 8. The van der Waals surface area contributed by atoms with Crippen molar-refractivity contribution in [3.05, 3.63) is 77.8 Å². The lowest BCUT2D eigenvalue weighted by Gasteiger charge is -2.28. The average molecular weight is 487 g/mol. The van der Waals surface area contributed by atoms with Gasteiger partial charge in [0.15, 0.2) is 5.79 Å². The molecule has 1 aliphatic heterocycles. The summed E-state index contributed by atoms with van der Waals surface area (Å²) in [4.78, 5) is 4.13. The minimum absolute atomic E-state index is 0. The summed E-state index contributed by atoms with van der Waals surface area (Å²) < 4.78 is 20.4. The molecule has 1 aliphatic rings. The van der Waals surface area contributed by atoms with E-state index in [1.165, 1.54) is 5.56 Å². The number of halogens is 3. The molecule has 2 N–H and O–H groups in total. The SMILES string of the molecule is Cl.Cl.Nc1ccc(OC[C@H]2CO[C@@](CCc3ccc(Cl)cc3)(Cn3ccnc3)O2)cc1. The van der Waals surface area contributed by atoms with Gasteiger partial charge >= 0.3 is 0 Å². The first-order valence-corrected chi connectivity index (χ1v) is 9.98. The minimum Gasteiger partial charge on any atom is -0.491 e. The number of nitrogens with zero attached hydrogens (tertiary/aromatic N) is 2. The molecule has 2 heterocycles. The molecule has 1 aromatic heterocycles. The van der Waals surface area contributed by atoms with Crippen molar-refractivity contribution >= 4 is 42.1 Å². The van der Waals surface area contributed by atoms with Gasteiger partial charge in [-0.2, -0.15) is 0 Å². The Morgan fingerprint density at radius 3 is 2.55 bits per heavy atom. The van der Waals surface area contributed by atoms with Crippen LogP contribution in [0.1, 0.15) is 12.0 Å². The molecule has 2 atom stereocenters. The Morgan fingerprint density at radius 2 is 1.87 bits per heavy atom. The number of aryl methyl sites for hydroxylation is 1. The molecule has 168 valence electrons. The van der Waals surface area contributed by atoms with Crippen molar-refractivity contribution in [3.63, 3.8) is 0 Å². The number of nitrogen functional groups attached to an aromatic ring is 1. The van der Waals surface area contributed by atoms with Crippen LogP contribution in [0.3, 0.4) is 0 Å². The van der Waals surface area contributed by atoms with Crippen LogP contribution in [0.4, 0.5) is 5.69 Å². The molecule has 0 saturated carbocycles. The van der Waals surface area contributed by atoms with E-state index in [0.717, 1.165) is 17.2 Å². The summed E-state index contributed by atoms with van der Waals surface area (Å²) in [5.74, 6) is 0.0335. The zero-order valence-corrected chi connectivity index (χ0v) is 19.2. The van der Waals surface area contributed by atoms with Gasteiger partial charge in [-0.05, 0) is 48.4 Å². The van der Waals surface area contributed by atoms with E-state index >= 15 is 0 Å². The molecule has 31 heavy (non-hydrogen) atoms. The predicted octanol–water partition coefficient (Wildman–Crippen LogP) is 4.79. The lowest BCUT2D eigenvalue weighted by molar-refractivity contribution is -0.184.